The molecule has 4 aromatic heterocycles. The average Bonchev–Trinajstić information content (AvgIpc) is 3.84. The number of morpholine rings is 2. The van der Waals surface area contributed by atoms with Crippen molar-refractivity contribution in [1.82, 2.24) is 29.7 Å². The summed E-state index contributed by atoms with van der Waals surface area (Å²) in [4.78, 5) is 47.5. The number of nitrogens with two attached hydrogens (primary N) is 1. The molecule has 2 aliphatic heterocycles. The second-order valence-corrected chi connectivity index (χ2v) is 18.4. The van der Waals surface area contributed by atoms with Crippen LogP contribution in [0.25, 0.3) is 40.6 Å². The van der Waals surface area contributed by atoms with Gasteiger partial charge in [0.15, 0.2) is 11.6 Å². The van der Waals surface area contributed by atoms with Gasteiger partial charge in [-0.1, -0.05) is 19.0 Å². The minimum atomic E-state index is 0. The molecule has 0 radical (unpaired) electrons. The predicted octanol–water partition coefficient (Wildman–Crippen LogP) is 9.87. The van der Waals surface area contributed by atoms with Crippen molar-refractivity contribution >= 4 is 117 Å². The van der Waals surface area contributed by atoms with Crippen molar-refractivity contribution in [3.8, 4) is 0 Å². The molecule has 4 aliphatic rings. The van der Waals surface area contributed by atoms with Crippen molar-refractivity contribution in [2.45, 2.75) is 96.8 Å². The molecule has 4 fully saturated rings. The highest BCUT2D eigenvalue weighted by Gasteiger charge is 2.28. The fraction of sp³-hybridized carbons (Fsp3) is 0.511. The molecule has 0 spiro atoms. The lowest BCUT2D eigenvalue weighted by molar-refractivity contribution is 0.00749. The number of hydrogen-bond donors (Lipinski definition) is 2. The lowest BCUT2D eigenvalue weighted by atomic mass is 9.90. The molecule has 6 aromatic rings. The number of benzene rings is 2. The second kappa shape index (κ2) is 23.2. The fourth-order valence-electron chi connectivity index (χ4n) is 8.86. The van der Waals surface area contributed by atoms with Gasteiger partial charge in [-0.3, -0.25) is 19.4 Å². The molecular formula is C45H59Cl3N8O4S2. The number of carbonyl (C=O) groups excluding carboxylic acids is 2. The molecule has 336 valence electrons. The molecule has 10 rings (SSSR count). The Morgan fingerprint density at radius 3 is 1.63 bits per heavy atom. The lowest BCUT2D eigenvalue weighted by Gasteiger charge is -2.39. The third-order valence-electron chi connectivity index (χ3n) is 12.2. The molecule has 0 atom stereocenters. The molecule has 12 nitrogen and oxygen atoms in total. The molecule has 3 N–H and O–H groups in total. The number of ketones is 2. The maximum atomic E-state index is 11.9. The van der Waals surface area contributed by atoms with Crippen LogP contribution in [0.3, 0.4) is 0 Å². The van der Waals surface area contributed by atoms with E-state index < -0.39 is 0 Å². The van der Waals surface area contributed by atoms with Gasteiger partial charge in [-0.25, -0.2) is 19.9 Å². The number of fused-ring (bicyclic) bond motifs is 6. The Balaban J connectivity index is 0.000000188. The molecule has 2 saturated carbocycles. The van der Waals surface area contributed by atoms with E-state index in [1.54, 1.807) is 42.8 Å². The number of anilines is 1. The van der Waals surface area contributed by atoms with Crippen molar-refractivity contribution in [1.29, 1.82) is 0 Å². The largest absolute Gasteiger partial charge is 0.379 e. The first kappa shape index (κ1) is 49.9. The molecule has 17 heteroatoms. The molecule has 0 amide bonds. The van der Waals surface area contributed by atoms with Gasteiger partial charge in [0.25, 0.3) is 0 Å². The van der Waals surface area contributed by atoms with Gasteiger partial charge in [-0.2, -0.15) is 0 Å². The summed E-state index contributed by atoms with van der Waals surface area (Å²) in [5, 5.41) is 8.03. The molecule has 62 heavy (non-hydrogen) atoms. The van der Waals surface area contributed by atoms with Gasteiger partial charge < -0.3 is 20.5 Å². The van der Waals surface area contributed by atoms with Crippen LogP contribution in [-0.4, -0.2) is 118 Å². The van der Waals surface area contributed by atoms with Gasteiger partial charge in [-0.15, -0.1) is 47.5 Å². The molecule has 0 bridgehead atoms. The maximum absolute atomic E-state index is 11.9. The van der Waals surface area contributed by atoms with Crippen molar-refractivity contribution in [2.75, 3.05) is 57.9 Å². The zero-order valence-corrected chi connectivity index (χ0v) is 38.7. The summed E-state index contributed by atoms with van der Waals surface area (Å²) < 4.78 is 13.0. The van der Waals surface area contributed by atoms with Crippen LogP contribution in [0.5, 0.6) is 0 Å². The first-order chi connectivity index (χ1) is 28.7. The van der Waals surface area contributed by atoms with Crippen molar-refractivity contribution in [2.24, 2.45) is 5.73 Å². The van der Waals surface area contributed by atoms with Gasteiger partial charge >= 0.3 is 0 Å². The van der Waals surface area contributed by atoms with E-state index in [1.165, 1.54) is 44.9 Å². The van der Waals surface area contributed by atoms with Gasteiger partial charge in [-0.05, 0) is 102 Å². The van der Waals surface area contributed by atoms with Gasteiger partial charge in [0, 0.05) is 81.6 Å². The van der Waals surface area contributed by atoms with Crippen LogP contribution < -0.4 is 11.1 Å². The minimum Gasteiger partial charge on any atom is -0.379 e. The number of carbonyl (C=O) groups is 2. The summed E-state index contributed by atoms with van der Waals surface area (Å²) in [5.74, 6) is 1.02. The average molecular weight is 947 g/mol. The number of ether oxygens (including phenoxy) is 2. The molecular weight excluding hydrogens is 887 g/mol. The standard InChI is InChI=1S/C22H26N4O2S.C12H7ClN2OS.C10H20N2O.CH4.2ClH/c1-14(27)15-2-7-19-18(12-15)20-21(23-13-24-22(20)29-19)25-16-3-5-17(6-4-16)26-8-10-28-11-9-26;1-6(16)7-2-3-9-8(4-7)10-11(13)14-5-15-12(10)17-9;11-9-1-3-10(4-2-9)12-5-7-13-8-6-12;;;/h2,7,12-13,16-17H,3-6,8-11H2,1H3,(H,23,24,25);2-5H,1H3;9-10H,1-8,11H2;1H4;2*1H. The maximum Gasteiger partial charge on any atom is 0.159 e. The van der Waals surface area contributed by atoms with Crippen LogP contribution in [0.2, 0.25) is 5.15 Å². The van der Waals surface area contributed by atoms with E-state index in [4.69, 9.17) is 26.8 Å². The Hall–Kier alpha value is -3.15. The number of aromatic nitrogens is 4. The zero-order chi connectivity index (χ0) is 40.9. The first-order valence-corrected chi connectivity index (χ1v) is 22.9. The summed E-state index contributed by atoms with van der Waals surface area (Å²) in [7, 11) is 0. The highest BCUT2D eigenvalue weighted by Crippen LogP contribution is 2.38. The summed E-state index contributed by atoms with van der Waals surface area (Å²) in [5.41, 5.74) is 7.30. The number of Topliss-reactive ketones (excluding diaryl/α,β-unsaturated/α-hetero) is 2. The van der Waals surface area contributed by atoms with E-state index in [0.717, 1.165) is 123 Å². The Bertz CT molecular complexity index is 2410. The Morgan fingerprint density at radius 1 is 0.677 bits per heavy atom. The normalized spacial score (nSPS) is 21.9. The van der Waals surface area contributed by atoms with Crippen LogP contribution in [0.4, 0.5) is 5.82 Å². The number of thiophene rings is 2. The zero-order valence-electron chi connectivity index (χ0n) is 34.6. The van der Waals surface area contributed by atoms with E-state index in [-0.39, 0.29) is 43.8 Å². The highest BCUT2D eigenvalue weighted by molar-refractivity contribution is 7.26. The summed E-state index contributed by atoms with van der Waals surface area (Å²) in [6.07, 6.45) is 12.8. The lowest BCUT2D eigenvalue weighted by Crippen LogP contribution is -2.46. The Labute approximate surface area is 389 Å². The van der Waals surface area contributed by atoms with Crippen molar-refractivity contribution < 1.29 is 19.1 Å². The topological polar surface area (TPSA) is 149 Å². The SMILES string of the molecule is C.CC(=O)c1ccc2sc3ncnc(Cl)c3c2c1.CC(=O)c1ccc2sc3ncnc(NC4CCC(N5CCOCC5)CC4)c3c2c1.Cl.Cl.NC1CCC(N2CCOCC2)CC1. The van der Waals surface area contributed by atoms with E-state index in [0.29, 0.717) is 28.8 Å². The van der Waals surface area contributed by atoms with Gasteiger partial charge in [0.05, 0.1) is 37.2 Å². The number of nitrogens with zero attached hydrogens (tertiary/aromatic N) is 6. The second-order valence-electron chi connectivity index (χ2n) is 16.0. The fourth-order valence-corrected chi connectivity index (χ4v) is 11.2. The summed E-state index contributed by atoms with van der Waals surface area (Å²) in [6.45, 7) is 11.1. The monoisotopic (exact) mass is 944 g/mol. The molecule has 2 aliphatic carbocycles. The minimum absolute atomic E-state index is 0. The molecule has 6 heterocycles. The highest BCUT2D eigenvalue weighted by atomic mass is 35.5. The Kier molecular flexibility index (Phi) is 18.6. The van der Waals surface area contributed by atoms with Crippen LogP contribution >= 0.6 is 59.1 Å². The number of nitrogens with one attached hydrogen (secondary N) is 1. The molecule has 0 unspecified atom stereocenters. The van der Waals surface area contributed by atoms with Crippen LogP contribution in [0.15, 0.2) is 49.1 Å². The summed E-state index contributed by atoms with van der Waals surface area (Å²) in [6, 6.07) is 13.9. The van der Waals surface area contributed by atoms with Gasteiger partial charge in [0.1, 0.15) is 33.3 Å². The number of hydrogen-bond acceptors (Lipinski definition) is 14. The van der Waals surface area contributed by atoms with Crippen molar-refractivity contribution in [3.63, 3.8) is 0 Å². The van der Waals surface area contributed by atoms with Crippen molar-refractivity contribution in [3.05, 3.63) is 65.3 Å². The van der Waals surface area contributed by atoms with E-state index >= 15 is 0 Å². The predicted molar refractivity (Wildman–Crippen MR) is 261 cm³/mol. The number of rotatable bonds is 6. The molecule has 2 aromatic carbocycles. The van der Waals surface area contributed by atoms with Crippen LogP contribution in [0, 0.1) is 0 Å². The van der Waals surface area contributed by atoms with Gasteiger partial charge in [0.2, 0.25) is 0 Å². The van der Waals surface area contributed by atoms with E-state index in [1.807, 2.05) is 36.4 Å². The van der Waals surface area contributed by atoms with E-state index in [2.05, 4.69) is 35.1 Å². The van der Waals surface area contributed by atoms with Crippen LogP contribution in [0.1, 0.15) is 93.4 Å². The third kappa shape index (κ3) is 11.7. The van der Waals surface area contributed by atoms with Crippen LogP contribution in [-0.2, 0) is 9.47 Å². The quantitative estimate of drug-likeness (QED) is 0.121. The number of halogens is 3. The summed E-state index contributed by atoms with van der Waals surface area (Å²) >= 11 is 9.29. The van der Waals surface area contributed by atoms with E-state index in [9.17, 15) is 9.59 Å². The first-order valence-electron chi connectivity index (χ1n) is 20.9. The third-order valence-corrected chi connectivity index (χ3v) is 14.7. The Morgan fingerprint density at radius 2 is 1.13 bits per heavy atom. The smallest absolute Gasteiger partial charge is 0.159 e. The molecule has 2 saturated heterocycles.